The zero-order chi connectivity index (χ0) is 30.7. The second kappa shape index (κ2) is 16.1. The average molecular weight is 605 g/mol. The fraction of sp³-hybridized carbons (Fsp3) is 0.471. The van der Waals surface area contributed by atoms with Crippen molar-refractivity contribution in [2.45, 2.75) is 26.9 Å². The topological polar surface area (TPSA) is 110 Å². The summed E-state index contributed by atoms with van der Waals surface area (Å²) >= 11 is 0. The highest BCUT2D eigenvalue weighted by Crippen LogP contribution is 2.31. The van der Waals surface area contributed by atoms with E-state index in [-0.39, 0.29) is 11.5 Å². The number of fused-ring (bicyclic) bond motifs is 2. The maximum atomic E-state index is 11.0. The maximum Gasteiger partial charge on any atom is 0.146 e. The van der Waals surface area contributed by atoms with Crippen molar-refractivity contribution in [3.8, 4) is 11.5 Å². The van der Waals surface area contributed by atoms with E-state index >= 15 is 0 Å². The SMILES string of the molecule is Cc1cc(CN2CCOCCOCCN(Cc3cc(C)c4cccnc4c3O)CCOCCOCC2)c(O)c2ncccc12. The van der Waals surface area contributed by atoms with Gasteiger partial charge < -0.3 is 29.2 Å². The Balaban J connectivity index is 1.15. The lowest BCUT2D eigenvalue weighted by atomic mass is 10.0. The first-order valence-corrected chi connectivity index (χ1v) is 15.4. The van der Waals surface area contributed by atoms with Gasteiger partial charge in [-0.3, -0.25) is 19.8 Å². The molecule has 0 atom stereocenters. The monoisotopic (exact) mass is 604 g/mol. The van der Waals surface area contributed by atoms with Gasteiger partial charge in [-0.25, -0.2) is 0 Å². The molecule has 5 rings (SSSR count). The molecule has 1 saturated heterocycles. The molecule has 0 spiro atoms. The van der Waals surface area contributed by atoms with E-state index in [2.05, 4.69) is 19.8 Å². The van der Waals surface area contributed by atoms with E-state index in [9.17, 15) is 10.2 Å². The van der Waals surface area contributed by atoms with Crippen molar-refractivity contribution in [3.05, 3.63) is 71.0 Å². The van der Waals surface area contributed by atoms with Gasteiger partial charge in [-0.2, -0.15) is 0 Å². The smallest absolute Gasteiger partial charge is 0.146 e. The number of nitrogens with zero attached hydrogens (tertiary/aromatic N) is 4. The Hall–Kier alpha value is -3.38. The molecule has 0 bridgehead atoms. The number of benzene rings is 2. The molecule has 236 valence electrons. The summed E-state index contributed by atoms with van der Waals surface area (Å²) in [6.07, 6.45) is 3.42. The molecular weight excluding hydrogens is 560 g/mol. The van der Waals surface area contributed by atoms with Crippen LogP contribution in [0.25, 0.3) is 21.8 Å². The highest BCUT2D eigenvalue weighted by molar-refractivity contribution is 5.89. The van der Waals surface area contributed by atoms with E-state index in [4.69, 9.17) is 18.9 Å². The van der Waals surface area contributed by atoms with Crippen LogP contribution < -0.4 is 0 Å². The Morgan fingerprint density at radius 1 is 0.591 bits per heavy atom. The molecule has 1 aliphatic rings. The average Bonchev–Trinajstić information content (AvgIpc) is 3.03. The van der Waals surface area contributed by atoms with Crippen LogP contribution in [0.1, 0.15) is 22.3 Å². The summed E-state index contributed by atoms with van der Waals surface area (Å²) in [5.41, 5.74) is 5.12. The van der Waals surface area contributed by atoms with E-state index in [1.165, 1.54) is 0 Å². The van der Waals surface area contributed by atoms with E-state index in [0.717, 1.165) is 33.0 Å². The van der Waals surface area contributed by atoms with Crippen LogP contribution in [-0.4, -0.2) is 109 Å². The van der Waals surface area contributed by atoms with Crippen molar-refractivity contribution in [1.29, 1.82) is 0 Å². The highest BCUT2D eigenvalue weighted by Gasteiger charge is 2.16. The largest absolute Gasteiger partial charge is 0.505 e. The van der Waals surface area contributed by atoms with Crippen LogP contribution in [0, 0.1) is 13.8 Å². The Bertz CT molecular complexity index is 1380. The molecule has 0 aliphatic carbocycles. The minimum Gasteiger partial charge on any atom is -0.505 e. The Labute approximate surface area is 259 Å². The van der Waals surface area contributed by atoms with Gasteiger partial charge in [-0.05, 0) is 37.1 Å². The molecule has 2 N–H and O–H groups in total. The highest BCUT2D eigenvalue weighted by atomic mass is 16.5. The van der Waals surface area contributed by atoms with Crippen LogP contribution in [0.15, 0.2) is 48.8 Å². The molecule has 0 unspecified atom stereocenters. The fourth-order valence-corrected chi connectivity index (χ4v) is 5.62. The minimum absolute atomic E-state index is 0.228. The van der Waals surface area contributed by atoms with Gasteiger partial charge >= 0.3 is 0 Å². The zero-order valence-corrected chi connectivity index (χ0v) is 25.8. The second-order valence-electron chi connectivity index (χ2n) is 11.2. The molecule has 3 heterocycles. The number of phenolic OH excluding ortho intramolecular Hbond substituents is 2. The number of ether oxygens (including phenoxy) is 4. The first-order chi connectivity index (χ1) is 21.5. The predicted octanol–water partition coefficient (Wildman–Crippen LogP) is 4.20. The van der Waals surface area contributed by atoms with Crippen LogP contribution in [0.5, 0.6) is 11.5 Å². The number of aryl methyl sites for hydroxylation is 2. The normalized spacial score (nSPS) is 17.9. The van der Waals surface area contributed by atoms with Crippen molar-refractivity contribution in [1.82, 2.24) is 19.8 Å². The summed E-state index contributed by atoms with van der Waals surface area (Å²) in [6.45, 7) is 12.1. The summed E-state index contributed by atoms with van der Waals surface area (Å²) < 4.78 is 23.6. The van der Waals surface area contributed by atoms with Crippen molar-refractivity contribution in [2.75, 3.05) is 79.0 Å². The third kappa shape index (κ3) is 8.41. The third-order valence-corrected chi connectivity index (χ3v) is 8.04. The molecule has 1 aliphatic heterocycles. The second-order valence-corrected chi connectivity index (χ2v) is 11.2. The Kier molecular flexibility index (Phi) is 11.7. The number of pyridine rings is 2. The number of phenols is 2. The van der Waals surface area contributed by atoms with Gasteiger partial charge in [0.2, 0.25) is 0 Å². The molecular formula is C34H44N4O6. The summed E-state index contributed by atoms with van der Waals surface area (Å²) in [4.78, 5) is 13.3. The molecule has 2 aromatic carbocycles. The van der Waals surface area contributed by atoms with E-state index < -0.39 is 0 Å². The third-order valence-electron chi connectivity index (χ3n) is 8.04. The van der Waals surface area contributed by atoms with Crippen LogP contribution in [0.3, 0.4) is 0 Å². The number of hydrogen-bond donors (Lipinski definition) is 2. The maximum absolute atomic E-state index is 11.0. The van der Waals surface area contributed by atoms with E-state index in [0.29, 0.717) is 103 Å². The van der Waals surface area contributed by atoms with Crippen LogP contribution in [-0.2, 0) is 32.0 Å². The number of hydrogen-bond acceptors (Lipinski definition) is 10. The first kappa shape index (κ1) is 32.0. The molecule has 0 saturated carbocycles. The quantitative estimate of drug-likeness (QED) is 0.352. The van der Waals surface area contributed by atoms with Gasteiger partial charge in [-0.1, -0.05) is 24.3 Å². The molecule has 0 radical (unpaired) electrons. The van der Waals surface area contributed by atoms with Gasteiger partial charge in [0.15, 0.2) is 0 Å². The Morgan fingerprint density at radius 3 is 1.32 bits per heavy atom. The summed E-state index contributed by atoms with van der Waals surface area (Å²) in [6, 6.07) is 11.8. The summed E-state index contributed by atoms with van der Waals surface area (Å²) in [7, 11) is 0. The predicted molar refractivity (Wildman–Crippen MR) is 170 cm³/mol. The first-order valence-electron chi connectivity index (χ1n) is 15.4. The van der Waals surface area contributed by atoms with Gasteiger partial charge in [0.25, 0.3) is 0 Å². The standard InChI is InChI=1S/C34H44N4O6/c1-25-21-27(33(39)31-29(25)5-3-7-35-31)23-37-9-13-41-17-19-43-15-11-38(12-16-44-20-18-42-14-10-37)24-28-22-26(2)30-6-4-8-36-32(30)34(28)40/h3-8,21-22,39-40H,9-20,23-24H2,1-2H3. The number of aromatic hydroxyl groups is 2. The van der Waals surface area contributed by atoms with E-state index in [1.54, 1.807) is 12.4 Å². The van der Waals surface area contributed by atoms with Crippen molar-refractivity contribution in [3.63, 3.8) is 0 Å². The molecule has 1 fully saturated rings. The van der Waals surface area contributed by atoms with Gasteiger partial charge in [0.1, 0.15) is 22.5 Å². The van der Waals surface area contributed by atoms with Crippen LogP contribution >= 0.6 is 0 Å². The number of aromatic nitrogens is 2. The molecule has 2 aromatic heterocycles. The number of rotatable bonds is 4. The van der Waals surface area contributed by atoms with Gasteiger partial charge in [-0.15, -0.1) is 0 Å². The molecule has 44 heavy (non-hydrogen) atoms. The molecule has 10 nitrogen and oxygen atoms in total. The van der Waals surface area contributed by atoms with Gasteiger partial charge in [0.05, 0.1) is 52.9 Å². The van der Waals surface area contributed by atoms with Gasteiger partial charge in [0, 0.05) is 73.6 Å². The minimum atomic E-state index is 0.228. The summed E-state index contributed by atoms with van der Waals surface area (Å²) in [5, 5.41) is 23.8. The summed E-state index contributed by atoms with van der Waals surface area (Å²) in [5.74, 6) is 0.455. The molecule has 4 aromatic rings. The van der Waals surface area contributed by atoms with Crippen LogP contribution in [0.2, 0.25) is 0 Å². The van der Waals surface area contributed by atoms with E-state index in [1.807, 2.05) is 50.2 Å². The van der Waals surface area contributed by atoms with Crippen LogP contribution in [0.4, 0.5) is 0 Å². The van der Waals surface area contributed by atoms with Crippen molar-refractivity contribution < 1.29 is 29.2 Å². The lowest BCUT2D eigenvalue weighted by Crippen LogP contribution is -2.32. The zero-order valence-electron chi connectivity index (χ0n) is 25.8. The van der Waals surface area contributed by atoms with Crippen molar-refractivity contribution >= 4 is 21.8 Å². The molecule has 10 heteroatoms. The Morgan fingerprint density at radius 2 is 0.955 bits per heavy atom. The lowest BCUT2D eigenvalue weighted by Gasteiger charge is -2.24. The lowest BCUT2D eigenvalue weighted by molar-refractivity contribution is 0.00612. The van der Waals surface area contributed by atoms with Crippen molar-refractivity contribution in [2.24, 2.45) is 0 Å². The fourth-order valence-electron chi connectivity index (χ4n) is 5.62. The molecule has 0 amide bonds.